The van der Waals surface area contributed by atoms with E-state index in [2.05, 4.69) is 23.2 Å². The first-order chi connectivity index (χ1) is 12.2. The Morgan fingerprint density at radius 2 is 2.04 bits per heavy atom. The zero-order valence-corrected chi connectivity index (χ0v) is 16.0. The summed E-state index contributed by atoms with van der Waals surface area (Å²) in [5.74, 6) is 0.651. The second-order valence-electron chi connectivity index (χ2n) is 6.31. The fourth-order valence-corrected chi connectivity index (χ4v) is 3.14. The van der Waals surface area contributed by atoms with Crippen molar-refractivity contribution in [2.45, 2.75) is 19.0 Å². The lowest BCUT2D eigenvalue weighted by Gasteiger charge is -2.38. The van der Waals surface area contributed by atoms with Crippen molar-refractivity contribution in [2.24, 2.45) is 0 Å². The summed E-state index contributed by atoms with van der Waals surface area (Å²) in [6.07, 6.45) is 0. The standard InChI is InChI=1S/C20H25FN2O2.ClH/c1-15(16-4-3-5-20(12-16)24-2)22-13-19-14-25-11-10-23(19)18-8-6-17(21)7-9-18;/h3-9,12,15,19,22H,10-11,13-14H2,1-2H3;1H/t15-,19?;/m1./s1. The fourth-order valence-electron chi connectivity index (χ4n) is 3.14. The lowest BCUT2D eigenvalue weighted by molar-refractivity contribution is 0.0930. The molecule has 1 aliphatic heterocycles. The molecule has 26 heavy (non-hydrogen) atoms. The Hall–Kier alpha value is -1.82. The van der Waals surface area contributed by atoms with Crippen molar-refractivity contribution in [3.63, 3.8) is 0 Å². The second-order valence-corrected chi connectivity index (χ2v) is 6.31. The van der Waals surface area contributed by atoms with Crippen molar-refractivity contribution >= 4 is 18.1 Å². The zero-order valence-electron chi connectivity index (χ0n) is 15.2. The molecule has 1 unspecified atom stereocenters. The molecule has 0 amide bonds. The van der Waals surface area contributed by atoms with Gasteiger partial charge >= 0.3 is 0 Å². The van der Waals surface area contributed by atoms with Gasteiger partial charge in [-0.25, -0.2) is 4.39 Å². The molecule has 2 atom stereocenters. The lowest BCUT2D eigenvalue weighted by atomic mass is 10.1. The Labute approximate surface area is 160 Å². The first-order valence-corrected chi connectivity index (χ1v) is 8.64. The smallest absolute Gasteiger partial charge is 0.123 e. The number of morpholine rings is 1. The van der Waals surface area contributed by atoms with Crippen LogP contribution in [0.2, 0.25) is 0 Å². The van der Waals surface area contributed by atoms with Crippen LogP contribution in [0.15, 0.2) is 48.5 Å². The van der Waals surface area contributed by atoms with Gasteiger partial charge in [-0.05, 0) is 48.9 Å². The minimum atomic E-state index is -0.210. The predicted molar refractivity (Wildman–Crippen MR) is 105 cm³/mol. The summed E-state index contributed by atoms with van der Waals surface area (Å²) in [5, 5.41) is 3.58. The van der Waals surface area contributed by atoms with Crippen molar-refractivity contribution < 1.29 is 13.9 Å². The van der Waals surface area contributed by atoms with E-state index in [1.165, 1.54) is 17.7 Å². The van der Waals surface area contributed by atoms with Crippen molar-refractivity contribution in [3.8, 4) is 5.75 Å². The lowest BCUT2D eigenvalue weighted by Crippen LogP contribution is -2.50. The fraction of sp³-hybridized carbons (Fsp3) is 0.400. The number of nitrogens with zero attached hydrogens (tertiary/aromatic N) is 1. The second kappa shape index (κ2) is 9.76. The molecule has 0 aromatic heterocycles. The molecule has 1 saturated heterocycles. The summed E-state index contributed by atoms with van der Waals surface area (Å²) in [6.45, 7) is 5.09. The summed E-state index contributed by atoms with van der Waals surface area (Å²) in [4.78, 5) is 2.29. The van der Waals surface area contributed by atoms with E-state index in [0.29, 0.717) is 13.2 Å². The average molecular weight is 381 g/mol. The molecule has 0 bridgehead atoms. The number of hydrogen-bond donors (Lipinski definition) is 1. The van der Waals surface area contributed by atoms with Crippen molar-refractivity contribution in [3.05, 3.63) is 59.9 Å². The van der Waals surface area contributed by atoms with Crippen molar-refractivity contribution in [1.82, 2.24) is 5.32 Å². The number of rotatable bonds is 6. The van der Waals surface area contributed by atoms with E-state index in [0.717, 1.165) is 24.5 Å². The van der Waals surface area contributed by atoms with Gasteiger partial charge in [0.2, 0.25) is 0 Å². The van der Waals surface area contributed by atoms with Gasteiger partial charge in [0.25, 0.3) is 0 Å². The highest BCUT2D eigenvalue weighted by molar-refractivity contribution is 5.85. The largest absolute Gasteiger partial charge is 0.497 e. The molecule has 3 rings (SSSR count). The van der Waals surface area contributed by atoms with Crippen LogP contribution in [-0.2, 0) is 4.74 Å². The van der Waals surface area contributed by atoms with Gasteiger partial charge < -0.3 is 19.7 Å². The Morgan fingerprint density at radius 1 is 1.27 bits per heavy atom. The third-order valence-corrected chi connectivity index (χ3v) is 4.64. The van der Waals surface area contributed by atoms with E-state index in [1.54, 1.807) is 7.11 Å². The van der Waals surface area contributed by atoms with E-state index in [4.69, 9.17) is 9.47 Å². The van der Waals surface area contributed by atoms with Gasteiger partial charge in [-0.15, -0.1) is 12.4 Å². The van der Waals surface area contributed by atoms with E-state index in [-0.39, 0.29) is 30.3 Å². The third kappa shape index (κ3) is 5.10. The third-order valence-electron chi connectivity index (χ3n) is 4.64. The maximum atomic E-state index is 13.2. The van der Waals surface area contributed by atoms with E-state index in [1.807, 2.05) is 30.3 Å². The number of anilines is 1. The molecule has 0 radical (unpaired) electrons. The first kappa shape index (κ1) is 20.5. The van der Waals surface area contributed by atoms with Crippen LogP contribution in [-0.4, -0.2) is 39.5 Å². The highest BCUT2D eigenvalue weighted by Gasteiger charge is 2.23. The topological polar surface area (TPSA) is 33.7 Å². The SMILES string of the molecule is COc1cccc([C@@H](C)NCC2COCCN2c2ccc(F)cc2)c1.Cl. The average Bonchev–Trinajstić information content (AvgIpc) is 2.67. The van der Waals surface area contributed by atoms with Gasteiger partial charge in [0.15, 0.2) is 0 Å². The van der Waals surface area contributed by atoms with E-state index < -0.39 is 0 Å². The highest BCUT2D eigenvalue weighted by atomic mass is 35.5. The number of halogens is 2. The van der Waals surface area contributed by atoms with Gasteiger partial charge in [0.05, 0.1) is 26.4 Å². The van der Waals surface area contributed by atoms with Gasteiger partial charge in [0.1, 0.15) is 11.6 Å². The Bertz CT molecular complexity index is 684. The Kier molecular flexibility index (Phi) is 7.69. The minimum Gasteiger partial charge on any atom is -0.497 e. The summed E-state index contributed by atoms with van der Waals surface area (Å²) >= 11 is 0. The van der Waals surface area contributed by atoms with Crippen LogP contribution in [0.4, 0.5) is 10.1 Å². The summed E-state index contributed by atoms with van der Waals surface area (Å²) < 4.78 is 24.1. The highest BCUT2D eigenvalue weighted by Crippen LogP contribution is 2.22. The van der Waals surface area contributed by atoms with E-state index >= 15 is 0 Å². The monoisotopic (exact) mass is 380 g/mol. The van der Waals surface area contributed by atoms with Crippen LogP contribution in [0.5, 0.6) is 5.75 Å². The molecule has 4 nitrogen and oxygen atoms in total. The van der Waals surface area contributed by atoms with Crippen LogP contribution >= 0.6 is 12.4 Å². The molecular formula is C20H26ClFN2O2. The molecule has 2 aromatic carbocycles. The van der Waals surface area contributed by atoms with Crippen LogP contribution in [0.25, 0.3) is 0 Å². The summed E-state index contributed by atoms with van der Waals surface area (Å²) in [7, 11) is 1.68. The molecule has 1 heterocycles. The molecule has 0 aliphatic carbocycles. The molecule has 1 aliphatic rings. The molecule has 142 valence electrons. The Balaban J connectivity index is 0.00000243. The zero-order chi connectivity index (χ0) is 17.6. The maximum Gasteiger partial charge on any atom is 0.123 e. The molecule has 0 saturated carbocycles. The van der Waals surface area contributed by atoms with Crippen LogP contribution in [0, 0.1) is 5.82 Å². The molecule has 1 N–H and O–H groups in total. The molecule has 1 fully saturated rings. The minimum absolute atomic E-state index is 0. The van der Waals surface area contributed by atoms with Gasteiger partial charge in [-0.1, -0.05) is 12.1 Å². The number of ether oxygens (including phenoxy) is 2. The quantitative estimate of drug-likeness (QED) is 0.826. The van der Waals surface area contributed by atoms with Crippen LogP contribution in [0.3, 0.4) is 0 Å². The summed E-state index contributed by atoms with van der Waals surface area (Å²) in [6, 6.07) is 15.2. The predicted octanol–water partition coefficient (Wildman–Crippen LogP) is 3.81. The summed E-state index contributed by atoms with van der Waals surface area (Å²) in [5.41, 5.74) is 2.22. The number of benzene rings is 2. The van der Waals surface area contributed by atoms with Crippen LogP contribution in [0.1, 0.15) is 18.5 Å². The molecular weight excluding hydrogens is 355 g/mol. The molecule has 0 spiro atoms. The maximum absolute atomic E-state index is 13.2. The molecule has 2 aromatic rings. The van der Waals surface area contributed by atoms with Crippen molar-refractivity contribution in [2.75, 3.05) is 38.3 Å². The van der Waals surface area contributed by atoms with Crippen molar-refractivity contribution in [1.29, 1.82) is 0 Å². The van der Waals surface area contributed by atoms with Crippen LogP contribution < -0.4 is 15.0 Å². The molecule has 6 heteroatoms. The number of hydrogen-bond acceptors (Lipinski definition) is 4. The van der Waals surface area contributed by atoms with Gasteiger partial charge in [0, 0.05) is 24.8 Å². The number of nitrogens with one attached hydrogen (secondary N) is 1. The van der Waals surface area contributed by atoms with Gasteiger partial charge in [-0.2, -0.15) is 0 Å². The van der Waals surface area contributed by atoms with E-state index in [9.17, 15) is 4.39 Å². The van der Waals surface area contributed by atoms with Gasteiger partial charge in [-0.3, -0.25) is 0 Å². The first-order valence-electron chi connectivity index (χ1n) is 8.64. The Morgan fingerprint density at radius 3 is 2.77 bits per heavy atom. The normalized spacial score (nSPS) is 18.1. The number of methoxy groups -OCH3 is 1.